The molecule has 0 spiro atoms. The predicted molar refractivity (Wildman–Crippen MR) is 82.5 cm³/mol. The molecule has 1 aliphatic rings. The van der Waals surface area contributed by atoms with Gasteiger partial charge in [-0.1, -0.05) is 36.4 Å². The van der Waals surface area contributed by atoms with E-state index in [9.17, 15) is 8.42 Å². The van der Waals surface area contributed by atoms with Gasteiger partial charge in [-0.2, -0.15) is 0 Å². The first kappa shape index (κ1) is 14.5. The van der Waals surface area contributed by atoms with Crippen LogP contribution in [0.3, 0.4) is 0 Å². The van der Waals surface area contributed by atoms with E-state index < -0.39 is 10.0 Å². The molecule has 1 fully saturated rings. The molecule has 0 unspecified atom stereocenters. The lowest BCUT2D eigenvalue weighted by Gasteiger charge is -2.15. The van der Waals surface area contributed by atoms with E-state index in [1.807, 2.05) is 30.3 Å². The van der Waals surface area contributed by atoms with Gasteiger partial charge in [-0.25, -0.2) is 13.1 Å². The zero-order valence-electron chi connectivity index (χ0n) is 11.7. The second kappa shape index (κ2) is 5.40. The number of rotatable bonds is 6. The lowest BCUT2D eigenvalue weighted by Crippen LogP contribution is -2.31. The lowest BCUT2D eigenvalue weighted by molar-refractivity contribution is 0.249. The molecule has 5 heteroatoms. The summed E-state index contributed by atoms with van der Waals surface area (Å²) in [5, 5.41) is 10.7. The molecule has 112 valence electrons. The van der Waals surface area contributed by atoms with Gasteiger partial charge in [0.15, 0.2) is 0 Å². The zero-order chi connectivity index (χ0) is 14.9. The average molecular weight is 305 g/mol. The minimum atomic E-state index is -3.53. The van der Waals surface area contributed by atoms with Gasteiger partial charge < -0.3 is 5.11 Å². The Morgan fingerprint density at radius 3 is 2.52 bits per heavy atom. The lowest BCUT2D eigenvalue weighted by atomic mass is 10.0. The summed E-state index contributed by atoms with van der Waals surface area (Å²) >= 11 is 0. The highest BCUT2D eigenvalue weighted by Crippen LogP contribution is 2.48. The summed E-state index contributed by atoms with van der Waals surface area (Å²) < 4.78 is 27.8. The first-order valence-electron chi connectivity index (χ1n) is 7.15. The zero-order valence-corrected chi connectivity index (χ0v) is 12.6. The summed E-state index contributed by atoms with van der Waals surface area (Å²) in [7, 11) is -3.53. The molecule has 0 bridgehead atoms. The van der Waals surface area contributed by atoms with Gasteiger partial charge in [-0.3, -0.25) is 0 Å². The van der Waals surface area contributed by atoms with Crippen LogP contribution in [-0.2, 0) is 10.0 Å². The molecule has 0 aliphatic heterocycles. The first-order chi connectivity index (χ1) is 10.1. The fraction of sp³-hybridized carbons (Fsp3) is 0.375. The van der Waals surface area contributed by atoms with Gasteiger partial charge in [0.25, 0.3) is 0 Å². The van der Waals surface area contributed by atoms with E-state index in [1.54, 1.807) is 12.1 Å². The average Bonchev–Trinajstić information content (AvgIpc) is 3.25. The van der Waals surface area contributed by atoms with Crippen LogP contribution in [0.25, 0.3) is 10.8 Å². The van der Waals surface area contributed by atoms with Gasteiger partial charge in [0.1, 0.15) is 0 Å². The number of hydrogen-bond donors (Lipinski definition) is 2. The summed E-state index contributed by atoms with van der Waals surface area (Å²) in [5.41, 5.74) is -0.0353. The van der Waals surface area contributed by atoms with Gasteiger partial charge in [0.2, 0.25) is 10.0 Å². The van der Waals surface area contributed by atoms with E-state index in [4.69, 9.17) is 5.11 Å². The van der Waals surface area contributed by atoms with Gasteiger partial charge in [0, 0.05) is 18.5 Å². The van der Waals surface area contributed by atoms with Crippen LogP contribution in [-0.4, -0.2) is 26.7 Å². The number of nitrogens with one attached hydrogen (secondary N) is 1. The maximum atomic E-state index is 12.6. The molecule has 3 rings (SSSR count). The molecule has 0 aromatic heterocycles. The summed E-state index contributed by atoms with van der Waals surface area (Å²) in [5.74, 6) is 0. The third-order valence-electron chi connectivity index (χ3n) is 4.28. The molecule has 2 N–H and O–H groups in total. The number of aliphatic hydroxyl groups excluding tert-OH is 1. The highest BCUT2D eigenvalue weighted by atomic mass is 32.2. The van der Waals surface area contributed by atoms with Crippen LogP contribution >= 0.6 is 0 Å². The van der Waals surface area contributed by atoms with E-state index in [1.165, 1.54) is 0 Å². The molecule has 4 nitrogen and oxygen atoms in total. The first-order valence-corrected chi connectivity index (χ1v) is 8.63. The Morgan fingerprint density at radius 1 is 1.10 bits per heavy atom. The number of hydrogen-bond acceptors (Lipinski definition) is 3. The summed E-state index contributed by atoms with van der Waals surface area (Å²) in [6, 6.07) is 12.8. The molecular formula is C16H19NO3S. The van der Waals surface area contributed by atoms with Crippen molar-refractivity contribution >= 4 is 20.8 Å². The molecule has 1 aliphatic carbocycles. The fourth-order valence-corrected chi connectivity index (χ4v) is 4.07. The predicted octanol–water partition coefficient (Wildman–Crippen LogP) is 2.28. The summed E-state index contributed by atoms with van der Waals surface area (Å²) in [6.07, 6.45) is 2.61. The van der Waals surface area contributed by atoms with Crippen LogP contribution in [0.4, 0.5) is 0 Å². The maximum Gasteiger partial charge on any atom is 0.241 e. The van der Waals surface area contributed by atoms with E-state index in [-0.39, 0.29) is 12.0 Å². The van der Waals surface area contributed by atoms with Crippen molar-refractivity contribution in [3.63, 3.8) is 0 Å². The van der Waals surface area contributed by atoms with Gasteiger partial charge in [-0.05, 0) is 36.1 Å². The molecule has 0 radical (unpaired) electrons. The second-order valence-corrected chi connectivity index (χ2v) is 7.51. The fourth-order valence-electron chi connectivity index (χ4n) is 2.68. The largest absolute Gasteiger partial charge is 0.396 e. The number of fused-ring (bicyclic) bond motifs is 1. The molecule has 0 atom stereocenters. The Hall–Kier alpha value is -1.43. The van der Waals surface area contributed by atoms with Crippen LogP contribution in [0.5, 0.6) is 0 Å². The Kier molecular flexibility index (Phi) is 3.73. The monoisotopic (exact) mass is 305 g/mol. The molecule has 0 saturated heterocycles. The Labute approximate surface area is 124 Å². The smallest absolute Gasteiger partial charge is 0.241 e. The highest BCUT2D eigenvalue weighted by molar-refractivity contribution is 7.89. The van der Waals surface area contributed by atoms with Gasteiger partial charge >= 0.3 is 0 Å². The van der Waals surface area contributed by atoms with Gasteiger partial charge in [0.05, 0.1) is 4.90 Å². The van der Waals surface area contributed by atoms with Crippen molar-refractivity contribution in [2.75, 3.05) is 13.2 Å². The molecule has 2 aromatic carbocycles. The quantitative estimate of drug-likeness (QED) is 0.860. The maximum absolute atomic E-state index is 12.6. The standard InChI is InChI=1S/C16H19NO3S/c18-11-10-16(8-9-16)12-17-21(19,20)15-7-3-5-13-4-1-2-6-14(13)15/h1-7,17-18H,8-12H2. The molecule has 0 heterocycles. The third kappa shape index (κ3) is 2.95. The van der Waals surface area contributed by atoms with Crippen molar-refractivity contribution < 1.29 is 13.5 Å². The minimum absolute atomic E-state index is 0.0353. The Balaban J connectivity index is 1.87. The Morgan fingerprint density at radius 2 is 1.81 bits per heavy atom. The van der Waals surface area contributed by atoms with Crippen molar-refractivity contribution in [3.05, 3.63) is 42.5 Å². The SMILES string of the molecule is O=S(=O)(NCC1(CCO)CC1)c1cccc2ccccc12. The summed E-state index contributed by atoms with van der Waals surface area (Å²) in [6.45, 7) is 0.509. The highest BCUT2D eigenvalue weighted by Gasteiger charge is 2.42. The van der Waals surface area contributed by atoms with Crippen LogP contribution in [0.15, 0.2) is 47.4 Å². The van der Waals surface area contributed by atoms with Crippen LogP contribution in [0, 0.1) is 5.41 Å². The Bertz CT molecular complexity index is 746. The number of sulfonamides is 1. The summed E-state index contributed by atoms with van der Waals surface area (Å²) in [4.78, 5) is 0.320. The molecule has 21 heavy (non-hydrogen) atoms. The minimum Gasteiger partial charge on any atom is -0.396 e. The van der Waals surface area contributed by atoms with Crippen molar-refractivity contribution in [1.82, 2.24) is 4.72 Å². The molecule has 0 amide bonds. The third-order valence-corrected chi connectivity index (χ3v) is 5.73. The molecule has 1 saturated carbocycles. The van der Waals surface area contributed by atoms with Crippen LogP contribution in [0.1, 0.15) is 19.3 Å². The van der Waals surface area contributed by atoms with Crippen LogP contribution < -0.4 is 4.72 Å². The van der Waals surface area contributed by atoms with Gasteiger partial charge in [-0.15, -0.1) is 0 Å². The van der Waals surface area contributed by atoms with E-state index in [0.29, 0.717) is 17.9 Å². The van der Waals surface area contributed by atoms with E-state index in [2.05, 4.69) is 4.72 Å². The van der Waals surface area contributed by atoms with Crippen molar-refractivity contribution in [2.24, 2.45) is 5.41 Å². The topological polar surface area (TPSA) is 66.4 Å². The second-order valence-electron chi connectivity index (χ2n) is 5.78. The van der Waals surface area contributed by atoms with Crippen molar-refractivity contribution in [3.8, 4) is 0 Å². The molecular weight excluding hydrogens is 286 g/mol. The normalized spacial score (nSPS) is 17.0. The number of aliphatic hydroxyl groups is 1. The number of benzene rings is 2. The molecule has 2 aromatic rings. The van der Waals surface area contributed by atoms with Crippen LogP contribution in [0.2, 0.25) is 0 Å². The van der Waals surface area contributed by atoms with Crippen molar-refractivity contribution in [2.45, 2.75) is 24.2 Å². The van der Waals surface area contributed by atoms with Crippen molar-refractivity contribution in [1.29, 1.82) is 0 Å². The van der Waals surface area contributed by atoms with E-state index >= 15 is 0 Å². The van der Waals surface area contributed by atoms with E-state index in [0.717, 1.165) is 23.6 Å².